The van der Waals surface area contributed by atoms with E-state index in [-0.39, 0.29) is 23.4 Å². The third-order valence-corrected chi connectivity index (χ3v) is 9.66. The zero-order valence-corrected chi connectivity index (χ0v) is 25.7. The minimum Gasteiger partial charge on any atom is -0.352 e. The van der Waals surface area contributed by atoms with Crippen molar-refractivity contribution in [3.8, 4) is 0 Å². The Bertz CT molecular complexity index is 1460. The van der Waals surface area contributed by atoms with Crippen molar-refractivity contribution < 1.29 is 18.0 Å². The summed E-state index contributed by atoms with van der Waals surface area (Å²) >= 11 is 9.75. The van der Waals surface area contributed by atoms with Crippen LogP contribution in [0.2, 0.25) is 5.02 Å². The Balaban J connectivity index is 1.71. The molecule has 1 N–H and O–H groups in total. The molecule has 0 heterocycles. The van der Waals surface area contributed by atoms with Crippen LogP contribution in [-0.4, -0.2) is 43.8 Å². The molecule has 0 radical (unpaired) electrons. The number of carbonyl (C=O) groups is 2. The van der Waals surface area contributed by atoms with E-state index in [0.29, 0.717) is 16.3 Å². The number of hydrogen-bond acceptors (Lipinski definition) is 4. The second-order valence-corrected chi connectivity index (χ2v) is 13.3. The smallest absolute Gasteiger partial charge is 0.264 e. The molecule has 0 saturated heterocycles. The molecule has 0 spiro atoms. The predicted octanol–water partition coefficient (Wildman–Crippen LogP) is 6.08. The highest BCUT2D eigenvalue weighted by Gasteiger charge is 2.34. The Morgan fingerprint density at radius 2 is 1.73 bits per heavy atom. The fraction of sp³-hybridized carbons (Fsp3) is 0.333. The number of aryl methyl sites for hydroxylation is 1. The normalized spacial score (nSPS) is 14.5. The molecule has 0 aliphatic heterocycles. The average molecular weight is 647 g/mol. The van der Waals surface area contributed by atoms with E-state index in [2.05, 4.69) is 21.2 Å². The predicted molar refractivity (Wildman–Crippen MR) is 162 cm³/mol. The van der Waals surface area contributed by atoms with Gasteiger partial charge in [-0.3, -0.25) is 13.9 Å². The highest BCUT2D eigenvalue weighted by atomic mass is 79.9. The molecule has 2 amide bonds. The van der Waals surface area contributed by atoms with E-state index >= 15 is 0 Å². The van der Waals surface area contributed by atoms with Crippen molar-refractivity contribution in [2.24, 2.45) is 0 Å². The quantitative estimate of drug-likeness (QED) is 0.289. The van der Waals surface area contributed by atoms with Gasteiger partial charge in [-0.1, -0.05) is 76.8 Å². The first-order valence-corrected chi connectivity index (χ1v) is 15.9. The molecule has 212 valence electrons. The van der Waals surface area contributed by atoms with Gasteiger partial charge in [-0.15, -0.1) is 0 Å². The van der Waals surface area contributed by atoms with Crippen molar-refractivity contribution >= 4 is 55.1 Å². The summed E-state index contributed by atoms with van der Waals surface area (Å²) in [5, 5.41) is 3.42. The summed E-state index contributed by atoms with van der Waals surface area (Å²) in [5.74, 6) is -0.764. The van der Waals surface area contributed by atoms with Gasteiger partial charge >= 0.3 is 0 Å². The fourth-order valence-corrected chi connectivity index (χ4v) is 7.00. The zero-order valence-electron chi connectivity index (χ0n) is 22.5. The lowest BCUT2D eigenvalue weighted by Crippen LogP contribution is -2.52. The van der Waals surface area contributed by atoms with E-state index in [4.69, 9.17) is 11.6 Å². The maximum atomic E-state index is 14.1. The summed E-state index contributed by atoms with van der Waals surface area (Å²) in [5.41, 5.74) is 1.75. The topological polar surface area (TPSA) is 86.8 Å². The monoisotopic (exact) mass is 645 g/mol. The third kappa shape index (κ3) is 7.25. The number of amides is 2. The summed E-state index contributed by atoms with van der Waals surface area (Å²) in [6.07, 6.45) is 3.95. The third-order valence-electron chi connectivity index (χ3n) is 7.16. The Hall–Kier alpha value is -2.88. The van der Waals surface area contributed by atoms with Gasteiger partial charge in [0.15, 0.2) is 0 Å². The number of hydrogen-bond donors (Lipinski definition) is 1. The van der Waals surface area contributed by atoms with E-state index in [0.717, 1.165) is 40.0 Å². The number of nitrogens with one attached hydrogen (secondary N) is 1. The van der Waals surface area contributed by atoms with Gasteiger partial charge in [0.25, 0.3) is 10.0 Å². The minimum atomic E-state index is -4.15. The first-order valence-electron chi connectivity index (χ1n) is 13.2. The highest BCUT2D eigenvalue weighted by Crippen LogP contribution is 2.30. The number of anilines is 1. The zero-order chi connectivity index (χ0) is 28.9. The maximum absolute atomic E-state index is 14.1. The molecule has 3 aromatic carbocycles. The Labute approximate surface area is 249 Å². The van der Waals surface area contributed by atoms with Gasteiger partial charge in [0.1, 0.15) is 12.6 Å². The van der Waals surface area contributed by atoms with E-state index in [1.165, 1.54) is 17.0 Å². The molecule has 0 bridgehead atoms. The second-order valence-electron chi connectivity index (χ2n) is 10.1. The Morgan fingerprint density at radius 3 is 2.40 bits per heavy atom. The fourth-order valence-electron chi connectivity index (χ4n) is 4.89. The number of rotatable bonds is 10. The SMILES string of the molecule is Cc1ccc(Cl)cc1N(CC(=O)N(Cc1cccc(Br)c1)[C@H](C)C(=O)NC1CCCC1)S(=O)(=O)c1ccccc1. The van der Waals surface area contributed by atoms with Crippen LogP contribution < -0.4 is 9.62 Å². The van der Waals surface area contributed by atoms with Gasteiger partial charge in [0.2, 0.25) is 11.8 Å². The van der Waals surface area contributed by atoms with Crippen molar-refractivity contribution in [1.82, 2.24) is 10.2 Å². The van der Waals surface area contributed by atoms with Gasteiger partial charge in [-0.2, -0.15) is 0 Å². The molecule has 1 fully saturated rings. The van der Waals surface area contributed by atoms with Crippen molar-refractivity contribution in [3.05, 3.63) is 93.4 Å². The molecule has 0 unspecified atom stereocenters. The molecule has 1 aliphatic rings. The molecule has 7 nitrogen and oxygen atoms in total. The largest absolute Gasteiger partial charge is 0.352 e. The standard InChI is InChI=1S/C30H33BrClN3O4S/c1-21-15-16-25(32)18-28(21)35(40(38,39)27-13-4-3-5-14-27)20-29(36)34(19-23-9-8-10-24(31)17-23)22(2)30(37)33-26-11-6-7-12-26/h3-5,8-10,13-18,22,26H,6-7,11-12,19-20H2,1-2H3,(H,33,37)/t22-/m1/s1. The van der Waals surface area contributed by atoms with E-state index in [1.54, 1.807) is 50.2 Å². The van der Waals surface area contributed by atoms with Crippen LogP contribution in [0.3, 0.4) is 0 Å². The van der Waals surface area contributed by atoms with Crippen LogP contribution in [0, 0.1) is 6.92 Å². The minimum absolute atomic E-state index is 0.0488. The van der Waals surface area contributed by atoms with Crippen LogP contribution in [0.1, 0.15) is 43.7 Å². The molecular weight excluding hydrogens is 614 g/mol. The first-order chi connectivity index (χ1) is 19.1. The summed E-state index contributed by atoms with van der Waals surface area (Å²) < 4.78 is 29.8. The lowest BCUT2D eigenvalue weighted by Gasteiger charge is -2.33. The summed E-state index contributed by atoms with van der Waals surface area (Å²) in [6.45, 7) is 3.07. The van der Waals surface area contributed by atoms with Gasteiger partial charge in [0.05, 0.1) is 10.6 Å². The number of nitrogens with zero attached hydrogens (tertiary/aromatic N) is 2. The molecule has 1 atom stereocenters. The molecule has 10 heteroatoms. The summed E-state index contributed by atoms with van der Waals surface area (Å²) in [7, 11) is -4.15. The van der Waals surface area contributed by atoms with Gasteiger partial charge in [-0.25, -0.2) is 8.42 Å². The van der Waals surface area contributed by atoms with Gasteiger partial charge in [-0.05, 0) is 74.2 Å². The lowest BCUT2D eigenvalue weighted by atomic mass is 10.1. The van der Waals surface area contributed by atoms with E-state index in [1.807, 2.05) is 24.3 Å². The van der Waals surface area contributed by atoms with Crippen LogP contribution in [0.25, 0.3) is 0 Å². The van der Waals surface area contributed by atoms with Crippen molar-refractivity contribution in [3.63, 3.8) is 0 Å². The number of benzene rings is 3. The Morgan fingerprint density at radius 1 is 1.02 bits per heavy atom. The van der Waals surface area contributed by atoms with Crippen LogP contribution >= 0.6 is 27.5 Å². The molecule has 3 aromatic rings. The highest BCUT2D eigenvalue weighted by molar-refractivity contribution is 9.10. The van der Waals surface area contributed by atoms with Crippen LogP contribution in [-0.2, 0) is 26.2 Å². The molecule has 1 aliphatic carbocycles. The number of sulfonamides is 1. The van der Waals surface area contributed by atoms with Crippen molar-refractivity contribution in [1.29, 1.82) is 0 Å². The van der Waals surface area contributed by atoms with Gasteiger partial charge < -0.3 is 10.2 Å². The van der Waals surface area contributed by atoms with Gasteiger partial charge in [0, 0.05) is 22.1 Å². The van der Waals surface area contributed by atoms with Crippen molar-refractivity contribution in [2.45, 2.75) is 63.1 Å². The van der Waals surface area contributed by atoms with Crippen molar-refractivity contribution in [2.75, 3.05) is 10.8 Å². The van der Waals surface area contributed by atoms with Crippen LogP contribution in [0.15, 0.2) is 82.2 Å². The molecule has 40 heavy (non-hydrogen) atoms. The van der Waals surface area contributed by atoms with Crippen LogP contribution in [0.5, 0.6) is 0 Å². The van der Waals surface area contributed by atoms with E-state index in [9.17, 15) is 18.0 Å². The number of carbonyl (C=O) groups excluding carboxylic acids is 2. The molecule has 0 aromatic heterocycles. The first kappa shape index (κ1) is 30.1. The summed E-state index contributed by atoms with van der Waals surface area (Å²) in [4.78, 5) is 28.9. The van der Waals surface area contributed by atoms with Crippen LogP contribution in [0.4, 0.5) is 5.69 Å². The molecular formula is C30H33BrClN3O4S. The summed E-state index contributed by atoms with van der Waals surface area (Å²) in [6, 6.07) is 19.6. The van der Waals surface area contributed by atoms with E-state index < -0.39 is 28.5 Å². The Kier molecular flexibility index (Phi) is 9.92. The maximum Gasteiger partial charge on any atom is 0.264 e. The second kappa shape index (κ2) is 13.2. The molecule has 1 saturated carbocycles. The number of halogens is 2. The molecule has 4 rings (SSSR count). The average Bonchev–Trinajstić information content (AvgIpc) is 3.45. The lowest BCUT2D eigenvalue weighted by molar-refractivity contribution is -0.139.